The summed E-state index contributed by atoms with van der Waals surface area (Å²) in [4.78, 5) is 12.0. The van der Waals surface area contributed by atoms with Crippen LogP contribution in [0.3, 0.4) is 0 Å². The molecule has 1 aromatic carbocycles. The van der Waals surface area contributed by atoms with Gasteiger partial charge in [-0.2, -0.15) is 11.8 Å². The van der Waals surface area contributed by atoms with Crippen molar-refractivity contribution in [3.63, 3.8) is 0 Å². The normalized spacial score (nSPS) is 20.2. The topological polar surface area (TPSA) is 29.1 Å². The zero-order chi connectivity index (χ0) is 12.3. The Kier molecular flexibility index (Phi) is 4.42. The average Bonchev–Trinajstić information content (AvgIpc) is 2.36. The van der Waals surface area contributed by atoms with Crippen molar-refractivity contribution >= 4 is 29.1 Å². The fourth-order valence-electron chi connectivity index (χ4n) is 1.77. The summed E-state index contributed by atoms with van der Waals surface area (Å²) in [6.45, 7) is 0.845. The maximum Gasteiger partial charge on any atom is 0.154 e. The number of benzene rings is 1. The Hall–Kier alpha value is -0.580. The summed E-state index contributed by atoms with van der Waals surface area (Å²) in [5, 5.41) is 3.23. The highest BCUT2D eigenvalue weighted by Gasteiger charge is 2.21. The molecule has 17 heavy (non-hydrogen) atoms. The Balaban J connectivity index is 2.04. The number of rotatable bonds is 3. The maximum absolute atomic E-state index is 13.2. The Morgan fingerprint density at radius 2 is 2.41 bits per heavy atom. The number of halogens is 2. The predicted octanol–water partition coefficient (Wildman–Crippen LogP) is 2.30. The van der Waals surface area contributed by atoms with Crippen molar-refractivity contribution in [1.82, 2.24) is 5.32 Å². The molecule has 1 fully saturated rings. The van der Waals surface area contributed by atoms with Gasteiger partial charge < -0.3 is 5.32 Å². The standard InChI is InChI=1S/C12H13ClFNOS/c13-12-8(2-1-3-9(12)14)6-11(16)10-7-17-5-4-15-10/h1-3,10,15H,4-7H2. The Morgan fingerprint density at radius 3 is 3.12 bits per heavy atom. The third kappa shape index (κ3) is 3.21. The van der Waals surface area contributed by atoms with Gasteiger partial charge >= 0.3 is 0 Å². The minimum atomic E-state index is -0.469. The van der Waals surface area contributed by atoms with Gasteiger partial charge in [-0.1, -0.05) is 23.7 Å². The molecule has 2 nitrogen and oxygen atoms in total. The van der Waals surface area contributed by atoms with Gasteiger partial charge in [-0.3, -0.25) is 4.79 Å². The van der Waals surface area contributed by atoms with Crippen LogP contribution in [0.25, 0.3) is 0 Å². The smallest absolute Gasteiger partial charge is 0.154 e. The molecule has 1 atom stereocenters. The highest BCUT2D eigenvalue weighted by molar-refractivity contribution is 7.99. The maximum atomic E-state index is 13.2. The van der Waals surface area contributed by atoms with E-state index in [-0.39, 0.29) is 23.3 Å². The van der Waals surface area contributed by atoms with Crippen molar-refractivity contribution in [3.8, 4) is 0 Å². The molecule has 0 bridgehead atoms. The Labute approximate surface area is 109 Å². The molecule has 0 aromatic heterocycles. The molecule has 1 heterocycles. The molecule has 1 aromatic rings. The number of hydrogen-bond donors (Lipinski definition) is 1. The zero-order valence-corrected chi connectivity index (χ0v) is 10.8. The van der Waals surface area contributed by atoms with Gasteiger partial charge in [0.15, 0.2) is 5.78 Å². The minimum absolute atomic E-state index is 0.0595. The van der Waals surface area contributed by atoms with Crippen LogP contribution in [0.15, 0.2) is 18.2 Å². The van der Waals surface area contributed by atoms with Crippen LogP contribution in [0.5, 0.6) is 0 Å². The highest BCUT2D eigenvalue weighted by Crippen LogP contribution is 2.21. The number of carbonyl (C=O) groups excluding carboxylic acids is 1. The van der Waals surface area contributed by atoms with Crippen LogP contribution in [-0.4, -0.2) is 29.9 Å². The summed E-state index contributed by atoms with van der Waals surface area (Å²) in [5.74, 6) is 1.42. The Bertz CT molecular complexity index is 421. The van der Waals surface area contributed by atoms with E-state index in [2.05, 4.69) is 5.32 Å². The first kappa shape index (κ1) is 12.9. The van der Waals surface area contributed by atoms with E-state index in [1.165, 1.54) is 6.07 Å². The molecule has 1 aliphatic heterocycles. The predicted molar refractivity (Wildman–Crippen MR) is 69.2 cm³/mol. The second kappa shape index (κ2) is 5.85. The monoisotopic (exact) mass is 273 g/mol. The molecule has 1 aliphatic rings. The number of nitrogens with one attached hydrogen (secondary N) is 1. The van der Waals surface area contributed by atoms with Crippen molar-refractivity contribution in [2.45, 2.75) is 12.5 Å². The molecule has 1 saturated heterocycles. The van der Waals surface area contributed by atoms with E-state index in [1.54, 1.807) is 23.9 Å². The molecule has 0 spiro atoms. The van der Waals surface area contributed by atoms with Gasteiger partial charge in [-0.25, -0.2) is 4.39 Å². The minimum Gasteiger partial charge on any atom is -0.306 e. The van der Waals surface area contributed by atoms with Gasteiger partial charge in [0.2, 0.25) is 0 Å². The molecule has 5 heteroatoms. The fourth-order valence-corrected chi connectivity index (χ4v) is 2.93. The lowest BCUT2D eigenvalue weighted by Crippen LogP contribution is -2.44. The first-order chi connectivity index (χ1) is 8.18. The second-order valence-corrected chi connectivity index (χ2v) is 5.47. The number of thioether (sulfide) groups is 1. The van der Waals surface area contributed by atoms with E-state index in [1.807, 2.05) is 0 Å². The van der Waals surface area contributed by atoms with Crippen LogP contribution in [0, 0.1) is 5.82 Å². The van der Waals surface area contributed by atoms with Crippen molar-refractivity contribution in [2.24, 2.45) is 0 Å². The van der Waals surface area contributed by atoms with E-state index in [0.29, 0.717) is 5.56 Å². The van der Waals surface area contributed by atoms with E-state index in [0.717, 1.165) is 18.1 Å². The van der Waals surface area contributed by atoms with Crippen molar-refractivity contribution in [2.75, 3.05) is 18.1 Å². The molecule has 0 radical (unpaired) electrons. The van der Waals surface area contributed by atoms with E-state index >= 15 is 0 Å². The molecule has 0 amide bonds. The highest BCUT2D eigenvalue weighted by atomic mass is 35.5. The van der Waals surface area contributed by atoms with Gasteiger partial charge in [0.25, 0.3) is 0 Å². The summed E-state index contributed by atoms with van der Waals surface area (Å²) in [6.07, 6.45) is 0.189. The summed E-state index contributed by atoms with van der Waals surface area (Å²) in [5.41, 5.74) is 0.564. The van der Waals surface area contributed by atoms with E-state index in [4.69, 9.17) is 11.6 Å². The summed E-state index contributed by atoms with van der Waals surface area (Å²) in [6, 6.07) is 4.44. The first-order valence-corrected chi connectivity index (χ1v) is 6.98. The number of Topliss-reactive ketones (excluding diaryl/α,β-unsaturated/α-hetero) is 1. The van der Waals surface area contributed by atoms with Gasteiger partial charge in [0.1, 0.15) is 5.82 Å². The summed E-state index contributed by atoms with van der Waals surface area (Å²) in [7, 11) is 0. The second-order valence-electron chi connectivity index (χ2n) is 3.94. The molecule has 0 saturated carbocycles. The molecule has 92 valence electrons. The molecule has 2 rings (SSSR count). The SMILES string of the molecule is O=C(Cc1cccc(F)c1Cl)C1CSCCN1. The quantitative estimate of drug-likeness (QED) is 0.916. The van der Waals surface area contributed by atoms with Gasteiger partial charge in [0.05, 0.1) is 11.1 Å². The van der Waals surface area contributed by atoms with Crippen LogP contribution in [0.1, 0.15) is 5.56 Å². The van der Waals surface area contributed by atoms with Crippen LogP contribution in [0.2, 0.25) is 5.02 Å². The number of ketones is 1. The largest absolute Gasteiger partial charge is 0.306 e. The van der Waals surface area contributed by atoms with E-state index < -0.39 is 5.82 Å². The van der Waals surface area contributed by atoms with Crippen LogP contribution in [-0.2, 0) is 11.2 Å². The summed E-state index contributed by atoms with van der Waals surface area (Å²) < 4.78 is 13.2. The third-order valence-electron chi connectivity index (χ3n) is 2.71. The van der Waals surface area contributed by atoms with Crippen LogP contribution < -0.4 is 5.32 Å². The van der Waals surface area contributed by atoms with Crippen molar-refractivity contribution < 1.29 is 9.18 Å². The molecule has 1 unspecified atom stereocenters. The van der Waals surface area contributed by atoms with Gasteiger partial charge in [-0.05, 0) is 11.6 Å². The lowest BCUT2D eigenvalue weighted by atomic mass is 10.0. The zero-order valence-electron chi connectivity index (χ0n) is 9.21. The van der Waals surface area contributed by atoms with Crippen molar-refractivity contribution in [3.05, 3.63) is 34.6 Å². The number of hydrogen-bond acceptors (Lipinski definition) is 3. The lowest BCUT2D eigenvalue weighted by molar-refractivity contribution is -0.119. The van der Waals surface area contributed by atoms with Crippen LogP contribution in [0.4, 0.5) is 4.39 Å². The molecular weight excluding hydrogens is 261 g/mol. The fraction of sp³-hybridized carbons (Fsp3) is 0.417. The number of carbonyl (C=O) groups is 1. The first-order valence-electron chi connectivity index (χ1n) is 5.45. The average molecular weight is 274 g/mol. The molecular formula is C12H13ClFNOS. The Morgan fingerprint density at radius 1 is 1.59 bits per heavy atom. The summed E-state index contributed by atoms with van der Waals surface area (Å²) >= 11 is 7.58. The van der Waals surface area contributed by atoms with Gasteiger partial charge in [-0.15, -0.1) is 0 Å². The van der Waals surface area contributed by atoms with Crippen LogP contribution >= 0.6 is 23.4 Å². The van der Waals surface area contributed by atoms with Crippen molar-refractivity contribution in [1.29, 1.82) is 0 Å². The van der Waals surface area contributed by atoms with E-state index in [9.17, 15) is 9.18 Å². The lowest BCUT2D eigenvalue weighted by Gasteiger charge is -2.22. The molecule has 1 N–H and O–H groups in total. The molecule has 0 aliphatic carbocycles. The van der Waals surface area contributed by atoms with Gasteiger partial charge in [0, 0.05) is 24.5 Å². The third-order valence-corrected chi connectivity index (χ3v) is 4.19.